The van der Waals surface area contributed by atoms with Crippen LogP contribution in [0.25, 0.3) is 0 Å². The highest BCUT2D eigenvalue weighted by Crippen LogP contribution is 2.20. The number of hydrogen-bond donors (Lipinski definition) is 1. The van der Waals surface area contributed by atoms with E-state index < -0.39 is 0 Å². The molecule has 0 fully saturated rings. The first-order chi connectivity index (χ1) is 8.79. The minimum atomic E-state index is -0.325. The predicted octanol–water partition coefficient (Wildman–Crippen LogP) is 1.32. The van der Waals surface area contributed by atoms with Crippen LogP contribution < -0.4 is 10.1 Å². The van der Waals surface area contributed by atoms with Crippen LogP contribution in [0.2, 0.25) is 0 Å². The van der Waals surface area contributed by atoms with Crippen LogP contribution in [0.3, 0.4) is 0 Å². The molecule has 0 aliphatic carbocycles. The summed E-state index contributed by atoms with van der Waals surface area (Å²) >= 11 is 0. The number of carbonyl (C=O) groups is 1. The van der Waals surface area contributed by atoms with E-state index in [1.54, 1.807) is 6.92 Å². The minimum absolute atomic E-state index is 0.0229. The number of benzene rings is 1. The molecular formula is C14H19NO3. The fraction of sp³-hybridized carbons (Fsp3) is 0.500. The topological polar surface area (TPSA) is 47.6 Å². The highest BCUT2D eigenvalue weighted by Gasteiger charge is 2.09. The SMILES string of the molecule is CCOC(=O)COc1ccc2c(c1)CCNCC2. The van der Waals surface area contributed by atoms with Gasteiger partial charge < -0.3 is 14.8 Å². The number of rotatable bonds is 4. The lowest BCUT2D eigenvalue weighted by molar-refractivity contribution is -0.145. The summed E-state index contributed by atoms with van der Waals surface area (Å²) in [5, 5.41) is 3.37. The van der Waals surface area contributed by atoms with E-state index in [9.17, 15) is 4.79 Å². The van der Waals surface area contributed by atoms with Gasteiger partial charge >= 0.3 is 5.97 Å². The average Bonchev–Trinajstić information content (AvgIpc) is 2.61. The summed E-state index contributed by atoms with van der Waals surface area (Å²) < 4.78 is 10.3. The van der Waals surface area contributed by atoms with Crippen LogP contribution in [-0.4, -0.2) is 32.3 Å². The highest BCUT2D eigenvalue weighted by atomic mass is 16.6. The van der Waals surface area contributed by atoms with E-state index in [2.05, 4.69) is 11.4 Å². The highest BCUT2D eigenvalue weighted by molar-refractivity contribution is 5.71. The summed E-state index contributed by atoms with van der Waals surface area (Å²) in [6.07, 6.45) is 2.05. The van der Waals surface area contributed by atoms with Crippen LogP contribution in [0.4, 0.5) is 0 Å². The molecule has 0 saturated heterocycles. The molecule has 0 bridgehead atoms. The smallest absolute Gasteiger partial charge is 0.344 e. The van der Waals surface area contributed by atoms with Crippen molar-refractivity contribution < 1.29 is 14.3 Å². The number of hydrogen-bond acceptors (Lipinski definition) is 4. The molecule has 0 radical (unpaired) electrons. The Hall–Kier alpha value is -1.55. The Balaban J connectivity index is 1.97. The maximum Gasteiger partial charge on any atom is 0.344 e. The van der Waals surface area contributed by atoms with Gasteiger partial charge in [0, 0.05) is 0 Å². The summed E-state index contributed by atoms with van der Waals surface area (Å²) in [6.45, 7) is 4.17. The molecule has 0 aromatic heterocycles. The molecule has 4 heteroatoms. The standard InChI is InChI=1S/C14H19NO3/c1-2-17-14(16)10-18-13-4-3-11-5-7-15-8-6-12(11)9-13/h3-4,9,15H,2,5-8,10H2,1H3. The molecule has 18 heavy (non-hydrogen) atoms. The van der Waals surface area contributed by atoms with E-state index in [0.717, 1.165) is 31.7 Å². The Morgan fingerprint density at radius 1 is 1.28 bits per heavy atom. The van der Waals surface area contributed by atoms with Crippen LogP contribution in [0.5, 0.6) is 5.75 Å². The lowest BCUT2D eigenvalue weighted by Gasteiger charge is -2.09. The fourth-order valence-electron chi connectivity index (χ4n) is 2.08. The quantitative estimate of drug-likeness (QED) is 0.818. The first-order valence-corrected chi connectivity index (χ1v) is 6.40. The summed E-state index contributed by atoms with van der Waals surface area (Å²) in [4.78, 5) is 11.2. The Labute approximate surface area is 107 Å². The van der Waals surface area contributed by atoms with Gasteiger partial charge in [-0.2, -0.15) is 0 Å². The van der Waals surface area contributed by atoms with Crippen LogP contribution >= 0.6 is 0 Å². The summed E-state index contributed by atoms with van der Waals surface area (Å²) in [5.41, 5.74) is 2.67. The van der Waals surface area contributed by atoms with Gasteiger partial charge in [0.1, 0.15) is 5.75 Å². The second kappa shape index (κ2) is 6.40. The monoisotopic (exact) mass is 249 g/mol. The summed E-state index contributed by atoms with van der Waals surface area (Å²) in [5.74, 6) is 0.415. The maximum atomic E-state index is 11.2. The van der Waals surface area contributed by atoms with Crippen molar-refractivity contribution in [3.8, 4) is 5.75 Å². The van der Waals surface area contributed by atoms with E-state index in [1.807, 2.05) is 12.1 Å². The molecule has 0 amide bonds. The van der Waals surface area contributed by atoms with Crippen LogP contribution in [0.15, 0.2) is 18.2 Å². The largest absolute Gasteiger partial charge is 0.482 e. The third kappa shape index (κ3) is 3.47. The lowest BCUT2D eigenvalue weighted by atomic mass is 10.0. The number of fused-ring (bicyclic) bond motifs is 1. The van der Waals surface area contributed by atoms with Gasteiger partial charge in [0.05, 0.1) is 6.61 Å². The van der Waals surface area contributed by atoms with E-state index >= 15 is 0 Å². The number of ether oxygens (including phenoxy) is 2. The molecule has 1 N–H and O–H groups in total. The van der Waals surface area contributed by atoms with Gasteiger partial charge in [0.25, 0.3) is 0 Å². The third-order valence-corrected chi connectivity index (χ3v) is 2.98. The molecule has 1 aliphatic heterocycles. The molecule has 0 saturated carbocycles. The Bertz CT molecular complexity index is 418. The van der Waals surface area contributed by atoms with Crippen molar-refractivity contribution in [1.29, 1.82) is 0 Å². The Morgan fingerprint density at radius 2 is 2.06 bits per heavy atom. The molecule has 4 nitrogen and oxygen atoms in total. The minimum Gasteiger partial charge on any atom is -0.482 e. The van der Waals surface area contributed by atoms with Crippen molar-refractivity contribution in [2.75, 3.05) is 26.3 Å². The van der Waals surface area contributed by atoms with Gasteiger partial charge in [-0.1, -0.05) is 6.07 Å². The molecule has 0 unspecified atom stereocenters. The molecule has 98 valence electrons. The van der Waals surface area contributed by atoms with Crippen molar-refractivity contribution in [1.82, 2.24) is 5.32 Å². The zero-order chi connectivity index (χ0) is 12.8. The van der Waals surface area contributed by atoms with Crippen molar-refractivity contribution in [2.24, 2.45) is 0 Å². The first kappa shape index (κ1) is 12.9. The molecule has 1 aromatic carbocycles. The van der Waals surface area contributed by atoms with Gasteiger partial charge in [-0.05, 0) is 56.1 Å². The summed E-state index contributed by atoms with van der Waals surface area (Å²) in [6, 6.07) is 6.04. The molecule has 1 heterocycles. The van der Waals surface area contributed by atoms with Gasteiger partial charge in [0.15, 0.2) is 6.61 Å². The first-order valence-electron chi connectivity index (χ1n) is 6.40. The van der Waals surface area contributed by atoms with Crippen molar-refractivity contribution in [3.63, 3.8) is 0 Å². The lowest BCUT2D eigenvalue weighted by Crippen LogP contribution is -2.16. The third-order valence-electron chi connectivity index (χ3n) is 2.98. The van der Waals surface area contributed by atoms with E-state index in [-0.39, 0.29) is 12.6 Å². The second-order valence-electron chi connectivity index (χ2n) is 4.27. The molecule has 0 spiro atoms. The Morgan fingerprint density at radius 3 is 2.83 bits per heavy atom. The van der Waals surface area contributed by atoms with Crippen molar-refractivity contribution in [3.05, 3.63) is 29.3 Å². The number of esters is 1. The van der Waals surface area contributed by atoms with Crippen LogP contribution in [0.1, 0.15) is 18.1 Å². The van der Waals surface area contributed by atoms with Gasteiger partial charge in [-0.25, -0.2) is 4.79 Å². The predicted molar refractivity (Wildman–Crippen MR) is 68.8 cm³/mol. The van der Waals surface area contributed by atoms with E-state index in [0.29, 0.717) is 6.61 Å². The van der Waals surface area contributed by atoms with Gasteiger partial charge in [-0.3, -0.25) is 0 Å². The molecular weight excluding hydrogens is 230 g/mol. The summed E-state index contributed by atoms with van der Waals surface area (Å²) in [7, 11) is 0. The zero-order valence-corrected chi connectivity index (χ0v) is 10.7. The van der Waals surface area contributed by atoms with E-state index in [1.165, 1.54) is 11.1 Å². The number of carbonyl (C=O) groups excluding carboxylic acids is 1. The average molecular weight is 249 g/mol. The number of nitrogens with one attached hydrogen (secondary N) is 1. The van der Waals surface area contributed by atoms with Crippen LogP contribution in [0, 0.1) is 0 Å². The van der Waals surface area contributed by atoms with Crippen LogP contribution in [-0.2, 0) is 22.4 Å². The van der Waals surface area contributed by atoms with E-state index in [4.69, 9.17) is 9.47 Å². The molecule has 2 rings (SSSR count). The molecule has 1 aromatic rings. The second-order valence-corrected chi connectivity index (χ2v) is 4.27. The van der Waals surface area contributed by atoms with Gasteiger partial charge in [-0.15, -0.1) is 0 Å². The zero-order valence-electron chi connectivity index (χ0n) is 10.7. The molecule has 1 aliphatic rings. The normalized spacial score (nSPS) is 14.5. The maximum absolute atomic E-state index is 11.2. The molecule has 0 atom stereocenters. The van der Waals surface area contributed by atoms with Gasteiger partial charge in [0.2, 0.25) is 0 Å². The van der Waals surface area contributed by atoms with Crippen molar-refractivity contribution >= 4 is 5.97 Å². The van der Waals surface area contributed by atoms with Crippen molar-refractivity contribution in [2.45, 2.75) is 19.8 Å². The Kier molecular flexibility index (Phi) is 4.59. The fourth-order valence-corrected chi connectivity index (χ4v) is 2.08.